The lowest BCUT2D eigenvalue weighted by atomic mass is 10.00. The molecule has 110 valence electrons. The first kappa shape index (κ1) is 15.1. The fraction of sp³-hybridized carbons (Fsp3) is 0.143. The molecule has 0 bridgehead atoms. The van der Waals surface area contributed by atoms with Gasteiger partial charge in [-0.2, -0.15) is 13.2 Å². The van der Waals surface area contributed by atoms with Crippen molar-refractivity contribution >= 4 is 5.78 Å². The second kappa shape index (κ2) is 5.59. The van der Waals surface area contributed by atoms with Crippen molar-refractivity contribution in [2.24, 2.45) is 0 Å². The zero-order valence-electron chi connectivity index (χ0n) is 10.4. The highest BCUT2D eigenvalue weighted by Gasteiger charge is 2.35. The average Bonchev–Trinajstić information content (AvgIpc) is 2.41. The highest BCUT2D eigenvalue weighted by atomic mass is 19.4. The Labute approximate surface area is 116 Å². The number of hydrogen-bond acceptors (Lipinski definition) is 2. The topological polar surface area (TPSA) is 30.0 Å². The van der Waals surface area contributed by atoms with Crippen LogP contribution in [0.2, 0.25) is 0 Å². The van der Waals surface area contributed by atoms with Crippen molar-refractivity contribution in [2.75, 3.05) is 0 Å². The van der Waals surface area contributed by atoms with E-state index in [1.807, 2.05) is 0 Å². The number of aromatic nitrogens is 1. The molecule has 0 saturated heterocycles. The minimum Gasteiger partial charge on any atom is -0.294 e. The Bertz CT molecular complexity index is 681. The number of pyridine rings is 1. The lowest BCUT2D eigenvalue weighted by molar-refractivity contribution is -0.138. The zero-order valence-corrected chi connectivity index (χ0v) is 10.4. The maximum absolute atomic E-state index is 13.4. The number of ketones is 1. The van der Waals surface area contributed by atoms with E-state index in [2.05, 4.69) is 4.98 Å². The van der Waals surface area contributed by atoms with Crippen LogP contribution in [-0.4, -0.2) is 10.8 Å². The van der Waals surface area contributed by atoms with Crippen LogP contribution in [0.15, 0.2) is 36.7 Å². The number of rotatable bonds is 3. The molecule has 1 aromatic heterocycles. The number of halogens is 5. The molecule has 0 atom stereocenters. The van der Waals surface area contributed by atoms with Gasteiger partial charge in [0.25, 0.3) is 0 Å². The molecule has 0 amide bonds. The van der Waals surface area contributed by atoms with Crippen molar-refractivity contribution in [1.29, 1.82) is 0 Å². The Morgan fingerprint density at radius 1 is 1.14 bits per heavy atom. The van der Waals surface area contributed by atoms with E-state index in [1.54, 1.807) is 0 Å². The van der Waals surface area contributed by atoms with Gasteiger partial charge < -0.3 is 0 Å². The molecule has 1 aromatic carbocycles. The first-order chi connectivity index (χ1) is 9.79. The quantitative estimate of drug-likeness (QED) is 0.637. The van der Waals surface area contributed by atoms with E-state index in [-0.39, 0.29) is 5.56 Å². The fourth-order valence-corrected chi connectivity index (χ4v) is 1.80. The molecule has 0 aliphatic rings. The summed E-state index contributed by atoms with van der Waals surface area (Å²) in [7, 11) is 0. The van der Waals surface area contributed by atoms with Crippen molar-refractivity contribution in [2.45, 2.75) is 12.6 Å². The third-order valence-electron chi connectivity index (χ3n) is 2.79. The van der Waals surface area contributed by atoms with Crippen LogP contribution < -0.4 is 0 Å². The Balaban J connectivity index is 2.33. The number of benzene rings is 1. The van der Waals surface area contributed by atoms with Crippen LogP contribution in [0.5, 0.6) is 0 Å². The van der Waals surface area contributed by atoms with Crippen LogP contribution in [0, 0.1) is 11.6 Å². The Kier molecular flexibility index (Phi) is 4.02. The number of nitrogens with zero attached hydrogens (tertiary/aromatic N) is 1. The van der Waals surface area contributed by atoms with Crippen molar-refractivity contribution in [3.8, 4) is 0 Å². The maximum atomic E-state index is 13.4. The van der Waals surface area contributed by atoms with Gasteiger partial charge in [0.2, 0.25) is 0 Å². The summed E-state index contributed by atoms with van der Waals surface area (Å²) in [6.45, 7) is 0. The van der Waals surface area contributed by atoms with E-state index in [9.17, 15) is 26.7 Å². The van der Waals surface area contributed by atoms with Crippen molar-refractivity contribution in [1.82, 2.24) is 4.98 Å². The molecule has 0 spiro atoms. The third-order valence-corrected chi connectivity index (χ3v) is 2.79. The molecule has 0 N–H and O–H groups in total. The Hall–Kier alpha value is -2.31. The van der Waals surface area contributed by atoms with Crippen LogP contribution in [0.3, 0.4) is 0 Å². The summed E-state index contributed by atoms with van der Waals surface area (Å²) in [5.41, 5.74) is -1.96. The van der Waals surface area contributed by atoms with Gasteiger partial charge in [0.05, 0.1) is 5.56 Å². The molecule has 7 heteroatoms. The molecule has 0 aliphatic heterocycles. The predicted molar refractivity (Wildman–Crippen MR) is 63.6 cm³/mol. The predicted octanol–water partition coefficient (Wildman–Crippen LogP) is 3.80. The van der Waals surface area contributed by atoms with Gasteiger partial charge in [-0.25, -0.2) is 8.78 Å². The van der Waals surface area contributed by atoms with Gasteiger partial charge >= 0.3 is 6.18 Å². The van der Waals surface area contributed by atoms with Crippen molar-refractivity contribution < 1.29 is 26.7 Å². The van der Waals surface area contributed by atoms with E-state index >= 15 is 0 Å². The fourth-order valence-electron chi connectivity index (χ4n) is 1.80. The van der Waals surface area contributed by atoms with E-state index in [4.69, 9.17) is 0 Å². The van der Waals surface area contributed by atoms with Crippen LogP contribution in [0.4, 0.5) is 22.0 Å². The molecule has 21 heavy (non-hydrogen) atoms. The SMILES string of the molecule is O=C(Cc1ccc(F)cc1F)c1cnccc1C(F)(F)F. The molecular weight excluding hydrogens is 293 g/mol. The first-order valence-electron chi connectivity index (χ1n) is 5.77. The molecule has 0 fully saturated rings. The molecule has 0 saturated carbocycles. The van der Waals surface area contributed by atoms with Crippen molar-refractivity contribution in [3.63, 3.8) is 0 Å². The van der Waals surface area contributed by atoms with Crippen LogP contribution in [0.25, 0.3) is 0 Å². The smallest absolute Gasteiger partial charge is 0.294 e. The summed E-state index contributed by atoms with van der Waals surface area (Å²) in [4.78, 5) is 15.4. The zero-order chi connectivity index (χ0) is 15.6. The largest absolute Gasteiger partial charge is 0.417 e. The van der Waals surface area contributed by atoms with Gasteiger partial charge in [0.1, 0.15) is 11.6 Å². The van der Waals surface area contributed by atoms with Crippen LogP contribution >= 0.6 is 0 Å². The van der Waals surface area contributed by atoms with E-state index < -0.39 is 41.1 Å². The molecule has 2 nitrogen and oxygen atoms in total. The first-order valence-corrected chi connectivity index (χ1v) is 5.77. The molecule has 2 rings (SSSR count). The summed E-state index contributed by atoms with van der Waals surface area (Å²) in [6.07, 6.45) is -3.62. The van der Waals surface area contributed by atoms with Gasteiger partial charge in [-0.3, -0.25) is 9.78 Å². The lowest BCUT2D eigenvalue weighted by Crippen LogP contribution is -2.15. The normalized spacial score (nSPS) is 11.5. The second-order valence-electron chi connectivity index (χ2n) is 4.25. The van der Waals surface area contributed by atoms with Crippen LogP contribution in [0.1, 0.15) is 21.5 Å². The number of hydrogen-bond donors (Lipinski definition) is 0. The molecule has 0 aliphatic carbocycles. The number of Topliss-reactive ketones (excluding diaryl/α,β-unsaturated/α-hetero) is 1. The second-order valence-corrected chi connectivity index (χ2v) is 4.25. The van der Waals surface area contributed by atoms with E-state index in [0.717, 1.165) is 24.5 Å². The third kappa shape index (κ3) is 3.42. The number of carbonyl (C=O) groups excluding carboxylic acids is 1. The van der Waals surface area contributed by atoms with E-state index in [1.165, 1.54) is 0 Å². The minimum absolute atomic E-state index is 0.182. The molecule has 0 radical (unpaired) electrons. The number of alkyl halides is 3. The van der Waals surface area contributed by atoms with Crippen molar-refractivity contribution in [3.05, 3.63) is 65.0 Å². The molecule has 2 aromatic rings. The summed E-state index contributed by atoms with van der Waals surface area (Å²) in [5, 5.41) is 0. The molecular formula is C14H8F5NO. The van der Waals surface area contributed by atoms with Gasteiger partial charge in [0.15, 0.2) is 5.78 Å². The van der Waals surface area contributed by atoms with Gasteiger partial charge in [-0.15, -0.1) is 0 Å². The number of carbonyl (C=O) groups is 1. The Morgan fingerprint density at radius 3 is 2.48 bits per heavy atom. The molecule has 0 unspecified atom stereocenters. The molecule has 1 heterocycles. The maximum Gasteiger partial charge on any atom is 0.417 e. The summed E-state index contributed by atoms with van der Waals surface area (Å²) >= 11 is 0. The Morgan fingerprint density at radius 2 is 1.86 bits per heavy atom. The minimum atomic E-state index is -4.71. The summed E-state index contributed by atoms with van der Waals surface area (Å²) < 4.78 is 64.5. The summed E-state index contributed by atoms with van der Waals surface area (Å²) in [5.74, 6) is -2.76. The highest BCUT2D eigenvalue weighted by molar-refractivity contribution is 5.98. The standard InChI is InChI=1S/C14H8F5NO/c15-9-2-1-8(12(16)6-9)5-13(21)10-7-20-4-3-11(10)14(17,18)19/h1-4,6-7H,5H2. The van der Waals surface area contributed by atoms with Gasteiger partial charge in [-0.05, 0) is 17.7 Å². The van der Waals surface area contributed by atoms with Gasteiger partial charge in [0, 0.05) is 30.4 Å². The lowest BCUT2D eigenvalue weighted by Gasteiger charge is -2.11. The van der Waals surface area contributed by atoms with Crippen LogP contribution in [-0.2, 0) is 12.6 Å². The highest BCUT2D eigenvalue weighted by Crippen LogP contribution is 2.32. The van der Waals surface area contributed by atoms with Gasteiger partial charge in [-0.1, -0.05) is 6.07 Å². The summed E-state index contributed by atoms with van der Waals surface area (Å²) in [6, 6.07) is 3.19. The van der Waals surface area contributed by atoms with E-state index in [0.29, 0.717) is 12.1 Å². The average molecular weight is 301 g/mol. The monoisotopic (exact) mass is 301 g/mol.